The van der Waals surface area contributed by atoms with Gasteiger partial charge in [-0.1, -0.05) is 43.0 Å². The number of allylic oxidation sites excluding steroid dienone is 2. The van der Waals surface area contributed by atoms with Gasteiger partial charge in [0.25, 0.3) is 0 Å². The summed E-state index contributed by atoms with van der Waals surface area (Å²) in [6.45, 7) is 10.0. The lowest BCUT2D eigenvalue weighted by atomic mass is 9.93. The summed E-state index contributed by atoms with van der Waals surface area (Å²) >= 11 is 11.5. The van der Waals surface area contributed by atoms with E-state index in [9.17, 15) is 4.79 Å². The van der Waals surface area contributed by atoms with Crippen molar-refractivity contribution < 1.29 is 14.3 Å². The number of hydrogen-bond acceptors (Lipinski definition) is 3. The Morgan fingerprint density at radius 2 is 1.86 bits per heavy atom. The van der Waals surface area contributed by atoms with Gasteiger partial charge in [-0.15, -0.1) is 6.42 Å². The maximum atomic E-state index is 12.6. The van der Waals surface area contributed by atoms with Gasteiger partial charge in [0.15, 0.2) is 0 Å². The van der Waals surface area contributed by atoms with Gasteiger partial charge in [0.1, 0.15) is 16.8 Å². The molecule has 2 rings (SSSR count). The number of esters is 1. The number of terminal acetylenes is 1. The Kier molecular flexibility index (Phi) is 6.91. The topological polar surface area (TPSA) is 35.5 Å². The lowest BCUT2D eigenvalue weighted by molar-refractivity contribution is -0.145. The third-order valence-electron chi connectivity index (χ3n) is 5.57. The molecule has 1 fully saturated rings. The molecule has 1 aromatic rings. The molecule has 0 aromatic heterocycles. The zero-order valence-electron chi connectivity index (χ0n) is 17.2. The molecule has 1 aliphatic rings. The summed E-state index contributed by atoms with van der Waals surface area (Å²) < 4.78 is 11.0. The SMILES string of the molecule is C#CC(COC(=O)C1C(C=C(Cl)Cl)C1(C)C)=C(C)c1c(C)cc(OC)cc1C. The molecule has 1 aliphatic carbocycles. The Balaban J connectivity index is 2.20. The van der Waals surface area contributed by atoms with E-state index in [2.05, 4.69) is 5.92 Å². The van der Waals surface area contributed by atoms with Crippen molar-refractivity contribution in [2.75, 3.05) is 13.7 Å². The van der Waals surface area contributed by atoms with Crippen LogP contribution in [0.2, 0.25) is 0 Å². The van der Waals surface area contributed by atoms with E-state index in [-0.39, 0.29) is 34.3 Å². The highest BCUT2D eigenvalue weighted by atomic mass is 35.5. The van der Waals surface area contributed by atoms with E-state index in [1.165, 1.54) is 0 Å². The number of carbonyl (C=O) groups is 1. The molecule has 0 bridgehead atoms. The van der Waals surface area contributed by atoms with Gasteiger partial charge in [-0.25, -0.2) is 0 Å². The highest BCUT2D eigenvalue weighted by Gasteiger charge is 2.61. The van der Waals surface area contributed by atoms with Crippen molar-refractivity contribution in [2.45, 2.75) is 34.6 Å². The zero-order chi connectivity index (χ0) is 21.2. The molecule has 0 amide bonds. The third-order valence-corrected chi connectivity index (χ3v) is 5.82. The normalized spacial score (nSPS) is 20.5. The fourth-order valence-corrected chi connectivity index (χ4v) is 4.12. The Morgan fingerprint density at radius 1 is 1.29 bits per heavy atom. The summed E-state index contributed by atoms with van der Waals surface area (Å²) in [6.07, 6.45) is 7.42. The standard InChI is InChI=1S/C23H26Cl2O3/c1-8-16(15(4)20-13(2)9-17(27-7)10-14(20)3)12-28-22(26)21-18(11-19(24)25)23(21,5)6/h1,9-11,18,21H,12H2,2-7H3. The first-order chi connectivity index (χ1) is 13.0. The van der Waals surface area contributed by atoms with Crippen LogP contribution in [0.5, 0.6) is 5.75 Å². The first-order valence-electron chi connectivity index (χ1n) is 9.06. The number of methoxy groups -OCH3 is 1. The number of hydrogen-bond donors (Lipinski definition) is 0. The third kappa shape index (κ3) is 4.57. The lowest BCUT2D eigenvalue weighted by Gasteiger charge is -2.15. The second-order valence-corrected chi connectivity index (χ2v) is 8.78. The van der Waals surface area contributed by atoms with Crippen LogP contribution in [-0.4, -0.2) is 19.7 Å². The molecule has 0 N–H and O–H groups in total. The van der Waals surface area contributed by atoms with E-state index in [0.29, 0.717) is 5.57 Å². The fourth-order valence-electron chi connectivity index (χ4n) is 3.85. The highest BCUT2D eigenvalue weighted by molar-refractivity contribution is 6.55. The molecule has 0 aliphatic heterocycles. The number of rotatable bonds is 6. The summed E-state index contributed by atoms with van der Waals surface area (Å²) in [7, 11) is 1.64. The summed E-state index contributed by atoms with van der Waals surface area (Å²) in [6, 6.07) is 3.93. The number of halogens is 2. The Labute approximate surface area is 177 Å². The van der Waals surface area contributed by atoms with Crippen LogP contribution < -0.4 is 4.74 Å². The van der Waals surface area contributed by atoms with Crippen molar-refractivity contribution in [3.8, 4) is 18.1 Å². The predicted octanol–water partition coefficient (Wildman–Crippen LogP) is 5.85. The fraction of sp³-hybridized carbons (Fsp3) is 0.435. The molecule has 28 heavy (non-hydrogen) atoms. The first-order valence-corrected chi connectivity index (χ1v) is 9.81. The van der Waals surface area contributed by atoms with Crippen molar-refractivity contribution in [3.05, 3.63) is 45.0 Å². The Bertz CT molecular complexity index is 861. The predicted molar refractivity (Wildman–Crippen MR) is 115 cm³/mol. The molecule has 0 heterocycles. The largest absolute Gasteiger partial charge is 0.497 e. The van der Waals surface area contributed by atoms with Crippen molar-refractivity contribution in [1.82, 2.24) is 0 Å². The van der Waals surface area contributed by atoms with Gasteiger partial charge in [-0.2, -0.15) is 0 Å². The molecule has 150 valence electrons. The van der Waals surface area contributed by atoms with Crippen molar-refractivity contribution in [2.24, 2.45) is 17.3 Å². The van der Waals surface area contributed by atoms with Crippen LogP contribution >= 0.6 is 23.2 Å². The monoisotopic (exact) mass is 420 g/mol. The molecule has 3 nitrogen and oxygen atoms in total. The molecule has 0 spiro atoms. The molecule has 2 atom stereocenters. The van der Waals surface area contributed by atoms with Crippen LogP contribution in [0.4, 0.5) is 0 Å². The van der Waals surface area contributed by atoms with E-state index < -0.39 is 0 Å². The van der Waals surface area contributed by atoms with Crippen molar-refractivity contribution in [3.63, 3.8) is 0 Å². The number of aryl methyl sites for hydroxylation is 2. The Morgan fingerprint density at radius 3 is 2.32 bits per heavy atom. The number of carbonyl (C=O) groups excluding carboxylic acids is 1. The molecular formula is C23H26Cl2O3. The highest BCUT2D eigenvalue weighted by Crippen LogP contribution is 2.60. The number of benzene rings is 1. The molecule has 5 heteroatoms. The summed E-state index contributed by atoms with van der Waals surface area (Å²) in [5.74, 6) is 2.88. The first kappa shape index (κ1) is 22.4. The molecule has 2 unspecified atom stereocenters. The summed E-state index contributed by atoms with van der Waals surface area (Å²) in [5.41, 5.74) is 4.49. The van der Waals surface area contributed by atoms with Crippen molar-refractivity contribution >= 4 is 34.7 Å². The maximum Gasteiger partial charge on any atom is 0.310 e. The molecular weight excluding hydrogens is 395 g/mol. The minimum absolute atomic E-state index is 0.0320. The zero-order valence-corrected chi connectivity index (χ0v) is 18.7. The minimum Gasteiger partial charge on any atom is -0.497 e. The lowest BCUT2D eigenvalue weighted by Crippen LogP contribution is -2.13. The van der Waals surface area contributed by atoms with E-state index >= 15 is 0 Å². The van der Waals surface area contributed by atoms with Gasteiger partial charge in [-0.3, -0.25) is 4.79 Å². The second-order valence-electron chi connectivity index (χ2n) is 7.77. The summed E-state index contributed by atoms with van der Waals surface area (Å²) in [4.78, 5) is 12.6. The van der Waals surface area contributed by atoms with Gasteiger partial charge in [0.05, 0.1) is 13.0 Å². The van der Waals surface area contributed by atoms with Gasteiger partial charge < -0.3 is 9.47 Å². The van der Waals surface area contributed by atoms with Gasteiger partial charge in [0.2, 0.25) is 0 Å². The quantitative estimate of drug-likeness (QED) is 0.427. The number of ether oxygens (including phenoxy) is 2. The van der Waals surface area contributed by atoms with E-state index in [1.54, 1.807) is 13.2 Å². The van der Waals surface area contributed by atoms with Crippen molar-refractivity contribution in [1.29, 1.82) is 0 Å². The van der Waals surface area contributed by atoms with Gasteiger partial charge in [-0.05, 0) is 72.6 Å². The van der Waals surface area contributed by atoms with E-state index in [0.717, 1.165) is 28.0 Å². The average molecular weight is 421 g/mol. The summed E-state index contributed by atoms with van der Waals surface area (Å²) in [5, 5.41) is 0. The van der Waals surface area contributed by atoms with Crippen LogP contribution in [-0.2, 0) is 9.53 Å². The van der Waals surface area contributed by atoms with E-state index in [4.69, 9.17) is 39.1 Å². The van der Waals surface area contributed by atoms with Crippen LogP contribution in [0.3, 0.4) is 0 Å². The molecule has 0 saturated heterocycles. The molecule has 1 aromatic carbocycles. The minimum atomic E-state index is -0.287. The molecule has 1 saturated carbocycles. The van der Waals surface area contributed by atoms with Gasteiger partial charge >= 0.3 is 5.97 Å². The average Bonchev–Trinajstić information content (AvgIpc) is 3.13. The van der Waals surface area contributed by atoms with E-state index in [1.807, 2.05) is 46.8 Å². The van der Waals surface area contributed by atoms with Crippen LogP contribution in [0.25, 0.3) is 5.57 Å². The maximum absolute atomic E-state index is 12.6. The Hall–Kier alpha value is -1.89. The smallest absolute Gasteiger partial charge is 0.310 e. The van der Waals surface area contributed by atoms with Gasteiger partial charge in [0, 0.05) is 5.57 Å². The molecule has 0 radical (unpaired) electrons. The van der Waals surface area contributed by atoms with Crippen LogP contribution in [0, 0.1) is 43.4 Å². The second kappa shape index (κ2) is 8.64. The van der Waals surface area contributed by atoms with Crippen LogP contribution in [0.15, 0.2) is 28.3 Å². The van der Waals surface area contributed by atoms with Crippen LogP contribution in [0.1, 0.15) is 37.5 Å².